The van der Waals surface area contributed by atoms with Gasteiger partial charge in [0.05, 0.1) is 40.3 Å². The summed E-state index contributed by atoms with van der Waals surface area (Å²) in [6.45, 7) is 4.27. The van der Waals surface area contributed by atoms with Gasteiger partial charge in [-0.2, -0.15) is 0 Å². The molecule has 0 heterocycles. The van der Waals surface area contributed by atoms with E-state index >= 15 is 0 Å². The molecular weight excluding hydrogens is 691 g/mol. The van der Waals surface area contributed by atoms with E-state index in [2.05, 4.69) is 44.2 Å². The number of esters is 2. The zero-order valence-corrected chi connectivity index (χ0v) is 34.5. The number of aliphatic carboxylic acids is 1. The molecule has 0 saturated carbocycles. The monoisotopic (exact) mass is 762 g/mol. The topological polar surface area (TPSA) is 102 Å². The van der Waals surface area contributed by atoms with Crippen LogP contribution < -0.4 is 5.11 Å². The Hall–Kier alpha value is -4.27. The number of hydrogen-bond donors (Lipinski definition) is 0. The van der Waals surface area contributed by atoms with Crippen LogP contribution in [0.2, 0.25) is 0 Å². The van der Waals surface area contributed by atoms with Crippen LogP contribution in [0.3, 0.4) is 0 Å². The number of likely N-dealkylation sites (N-methyl/N-ethyl adjacent to an activating group) is 1. The largest absolute Gasteiger partial charge is 0.544 e. The first kappa shape index (κ1) is 50.7. The van der Waals surface area contributed by atoms with E-state index in [0.717, 1.165) is 51.4 Å². The summed E-state index contributed by atoms with van der Waals surface area (Å²) in [5.74, 6) is -1.89. The molecule has 55 heavy (non-hydrogen) atoms. The van der Waals surface area contributed by atoms with Gasteiger partial charge in [-0.25, -0.2) is 0 Å². The molecule has 306 valence electrons. The maximum atomic E-state index is 12.7. The van der Waals surface area contributed by atoms with Crippen molar-refractivity contribution in [1.29, 1.82) is 0 Å². The van der Waals surface area contributed by atoms with E-state index in [9.17, 15) is 19.5 Å². The van der Waals surface area contributed by atoms with E-state index < -0.39 is 18.1 Å². The molecule has 8 heteroatoms. The SMILES string of the molecule is CC/C=C/C=C/C=C/C=C/C=C/CCCC(=O)OCC(COCCC(C(=O)[O-])[N+](C)(C)C)OC(=O)CCCCCCC/C=C/C=C/C=C/C=C/C=C/CCC. The van der Waals surface area contributed by atoms with Crippen LogP contribution in [-0.2, 0) is 28.6 Å². The van der Waals surface area contributed by atoms with Gasteiger partial charge in [-0.15, -0.1) is 0 Å². The fourth-order valence-corrected chi connectivity index (χ4v) is 4.95. The minimum atomic E-state index is -1.15. The highest BCUT2D eigenvalue weighted by Gasteiger charge is 2.25. The third-order valence-electron chi connectivity index (χ3n) is 8.07. The zero-order chi connectivity index (χ0) is 40.7. The third kappa shape index (κ3) is 35.2. The molecule has 0 aromatic rings. The second-order valence-electron chi connectivity index (χ2n) is 14.0. The Bertz CT molecular complexity index is 1300. The lowest BCUT2D eigenvalue weighted by Gasteiger charge is -2.34. The number of carboxylic acids is 1. The molecule has 0 aromatic heterocycles. The summed E-state index contributed by atoms with van der Waals surface area (Å²) < 4.78 is 17.0. The van der Waals surface area contributed by atoms with Gasteiger partial charge >= 0.3 is 11.9 Å². The predicted octanol–water partition coefficient (Wildman–Crippen LogP) is 9.35. The fourth-order valence-electron chi connectivity index (χ4n) is 4.95. The summed E-state index contributed by atoms with van der Waals surface area (Å²) in [7, 11) is 5.35. The van der Waals surface area contributed by atoms with Crippen molar-refractivity contribution in [2.24, 2.45) is 0 Å². The highest BCUT2D eigenvalue weighted by Crippen LogP contribution is 2.11. The van der Waals surface area contributed by atoms with Crippen molar-refractivity contribution in [2.45, 2.75) is 116 Å². The van der Waals surface area contributed by atoms with Crippen molar-refractivity contribution in [3.63, 3.8) is 0 Å². The maximum Gasteiger partial charge on any atom is 0.306 e. The van der Waals surface area contributed by atoms with Crippen LogP contribution in [0.15, 0.2) is 122 Å². The summed E-state index contributed by atoms with van der Waals surface area (Å²) in [4.78, 5) is 36.7. The number of rotatable bonds is 33. The average Bonchev–Trinajstić information content (AvgIpc) is 3.14. The van der Waals surface area contributed by atoms with Gasteiger partial charge in [-0.05, 0) is 44.9 Å². The Balaban J connectivity index is 4.59. The lowest BCUT2D eigenvalue weighted by atomic mass is 10.1. The number of hydrogen-bond acceptors (Lipinski definition) is 7. The van der Waals surface area contributed by atoms with E-state index in [1.54, 1.807) is 21.1 Å². The number of carbonyl (C=O) groups excluding carboxylic acids is 3. The van der Waals surface area contributed by atoms with Crippen molar-refractivity contribution in [3.8, 4) is 0 Å². The van der Waals surface area contributed by atoms with E-state index in [1.165, 1.54) is 6.42 Å². The van der Waals surface area contributed by atoms with Crippen LogP contribution in [0, 0.1) is 0 Å². The molecule has 0 radical (unpaired) electrons. The first-order valence-electron chi connectivity index (χ1n) is 20.2. The lowest BCUT2D eigenvalue weighted by Crippen LogP contribution is -2.55. The Morgan fingerprint density at radius 3 is 1.56 bits per heavy atom. The Morgan fingerprint density at radius 2 is 1.04 bits per heavy atom. The van der Waals surface area contributed by atoms with Crippen molar-refractivity contribution in [3.05, 3.63) is 122 Å². The number of quaternary nitrogens is 1. The van der Waals surface area contributed by atoms with Crippen LogP contribution >= 0.6 is 0 Å². The van der Waals surface area contributed by atoms with Crippen molar-refractivity contribution >= 4 is 17.9 Å². The van der Waals surface area contributed by atoms with Crippen LogP contribution in [0.4, 0.5) is 0 Å². The summed E-state index contributed by atoms with van der Waals surface area (Å²) in [6, 6.07) is -0.749. The summed E-state index contributed by atoms with van der Waals surface area (Å²) in [5.41, 5.74) is 0. The standard InChI is InChI=1S/C47H71NO7/c1-6-8-10-12-14-16-18-20-21-22-23-24-26-28-30-32-34-36-38-46(50)55-43(41-53-40-39-44(47(51)52)48(3,4)5)42-54-45(49)37-35-33-31-29-27-25-19-17-15-13-11-9-7-2/h9-25,27,29,31,43-44H,6-8,26,28,30,32-42H2,1-5H3/b11-9+,12-10+,15-13+,16-14+,19-17+,20-18+,22-21+,24-23+,27-25+,31-29+. The molecule has 0 aromatic carbocycles. The minimum absolute atomic E-state index is 0.00253. The number of carboxylic acid groups (broad SMARTS) is 1. The summed E-state index contributed by atoms with van der Waals surface area (Å²) in [6.07, 6.45) is 50.9. The van der Waals surface area contributed by atoms with Gasteiger partial charge in [0, 0.05) is 19.3 Å². The first-order valence-corrected chi connectivity index (χ1v) is 20.2. The van der Waals surface area contributed by atoms with Crippen molar-refractivity contribution in [1.82, 2.24) is 0 Å². The van der Waals surface area contributed by atoms with Gasteiger partial charge in [0.15, 0.2) is 6.10 Å². The molecular formula is C47H71NO7. The molecule has 0 fully saturated rings. The molecule has 2 atom stereocenters. The molecule has 0 bridgehead atoms. The quantitative estimate of drug-likeness (QED) is 0.0284. The summed E-state index contributed by atoms with van der Waals surface area (Å²) >= 11 is 0. The highest BCUT2D eigenvalue weighted by molar-refractivity contribution is 5.70. The number of ether oxygens (including phenoxy) is 3. The van der Waals surface area contributed by atoms with Gasteiger partial charge in [-0.3, -0.25) is 9.59 Å². The van der Waals surface area contributed by atoms with E-state index in [4.69, 9.17) is 14.2 Å². The minimum Gasteiger partial charge on any atom is -0.544 e. The molecule has 2 unspecified atom stereocenters. The van der Waals surface area contributed by atoms with Gasteiger partial charge in [-0.1, -0.05) is 161 Å². The molecule has 0 aliphatic carbocycles. The van der Waals surface area contributed by atoms with E-state index in [-0.39, 0.29) is 55.5 Å². The van der Waals surface area contributed by atoms with Crippen LogP contribution in [-0.4, -0.2) is 75.5 Å². The Labute approximate surface area is 333 Å². The lowest BCUT2D eigenvalue weighted by molar-refractivity contribution is -0.889. The van der Waals surface area contributed by atoms with Gasteiger partial charge in [0.1, 0.15) is 12.6 Å². The normalized spacial score (nSPS) is 14.3. The van der Waals surface area contributed by atoms with Gasteiger partial charge < -0.3 is 28.6 Å². The summed E-state index contributed by atoms with van der Waals surface area (Å²) in [5, 5.41) is 11.6. The number of allylic oxidation sites excluding steroid dienone is 20. The second-order valence-corrected chi connectivity index (χ2v) is 14.0. The molecule has 0 aliphatic heterocycles. The van der Waals surface area contributed by atoms with Gasteiger partial charge in [0.2, 0.25) is 0 Å². The van der Waals surface area contributed by atoms with Crippen LogP contribution in [0.25, 0.3) is 0 Å². The third-order valence-corrected chi connectivity index (χ3v) is 8.07. The molecule has 0 spiro atoms. The zero-order valence-electron chi connectivity index (χ0n) is 34.5. The van der Waals surface area contributed by atoms with E-state index in [0.29, 0.717) is 12.8 Å². The number of carbonyl (C=O) groups is 3. The number of unbranched alkanes of at least 4 members (excludes halogenated alkanes) is 7. The predicted molar refractivity (Wildman–Crippen MR) is 226 cm³/mol. The molecule has 0 amide bonds. The first-order chi connectivity index (χ1) is 26.6. The smallest absolute Gasteiger partial charge is 0.306 e. The highest BCUT2D eigenvalue weighted by atomic mass is 16.6. The molecule has 0 N–H and O–H groups in total. The van der Waals surface area contributed by atoms with Gasteiger partial charge in [0.25, 0.3) is 0 Å². The fraction of sp³-hybridized carbons (Fsp3) is 0.511. The Morgan fingerprint density at radius 1 is 0.564 bits per heavy atom. The maximum absolute atomic E-state index is 12.7. The molecule has 0 aliphatic rings. The molecule has 0 rings (SSSR count). The van der Waals surface area contributed by atoms with Crippen LogP contribution in [0.5, 0.6) is 0 Å². The van der Waals surface area contributed by atoms with Crippen molar-refractivity contribution in [2.75, 3.05) is 41.0 Å². The van der Waals surface area contributed by atoms with Crippen molar-refractivity contribution < 1.29 is 38.2 Å². The van der Waals surface area contributed by atoms with Crippen LogP contribution in [0.1, 0.15) is 104 Å². The molecule has 0 saturated heterocycles. The van der Waals surface area contributed by atoms with E-state index in [1.807, 2.05) is 91.1 Å². The number of nitrogens with zero attached hydrogens (tertiary/aromatic N) is 1. The molecule has 8 nitrogen and oxygen atoms in total. The Kier molecular flexibility index (Phi) is 33.8. The second kappa shape index (κ2) is 36.7. The average molecular weight is 762 g/mol.